The number of nitrogens with one attached hydrogen (secondary N) is 1. The second-order valence-electron chi connectivity index (χ2n) is 7.01. The van der Waals surface area contributed by atoms with E-state index in [4.69, 9.17) is 0 Å². The SMILES string of the molecule is CC(C(=O)Nc1cnc(N2CCCCC2)nc1)N1C(=O)c2ccccc2C1=O. The molecule has 2 aromatic rings. The Hall–Kier alpha value is -3.29. The van der Waals surface area contributed by atoms with E-state index in [2.05, 4.69) is 20.2 Å². The van der Waals surface area contributed by atoms with Gasteiger partial charge in [0.25, 0.3) is 11.8 Å². The smallest absolute Gasteiger partial charge is 0.262 e. The first kappa shape index (κ1) is 18.1. The molecule has 1 N–H and O–H groups in total. The number of anilines is 2. The van der Waals surface area contributed by atoms with Gasteiger partial charge in [-0.1, -0.05) is 12.1 Å². The Labute approximate surface area is 162 Å². The van der Waals surface area contributed by atoms with Crippen molar-refractivity contribution < 1.29 is 14.4 Å². The minimum atomic E-state index is -0.950. The number of hydrogen-bond acceptors (Lipinski definition) is 6. The van der Waals surface area contributed by atoms with E-state index < -0.39 is 23.8 Å². The largest absolute Gasteiger partial charge is 0.341 e. The minimum Gasteiger partial charge on any atom is -0.341 e. The van der Waals surface area contributed by atoms with Gasteiger partial charge in [-0.3, -0.25) is 19.3 Å². The fourth-order valence-corrected chi connectivity index (χ4v) is 3.57. The first-order valence-corrected chi connectivity index (χ1v) is 9.41. The molecule has 0 bridgehead atoms. The van der Waals surface area contributed by atoms with Gasteiger partial charge in [0.15, 0.2) is 0 Å². The van der Waals surface area contributed by atoms with Crippen molar-refractivity contribution in [1.82, 2.24) is 14.9 Å². The van der Waals surface area contributed by atoms with E-state index in [1.54, 1.807) is 36.7 Å². The van der Waals surface area contributed by atoms with Gasteiger partial charge in [0.2, 0.25) is 11.9 Å². The Balaban J connectivity index is 1.44. The number of rotatable bonds is 4. The van der Waals surface area contributed by atoms with E-state index >= 15 is 0 Å². The number of benzene rings is 1. The van der Waals surface area contributed by atoms with Crippen molar-refractivity contribution in [2.24, 2.45) is 0 Å². The zero-order valence-corrected chi connectivity index (χ0v) is 15.6. The Kier molecular flexibility index (Phi) is 4.77. The van der Waals surface area contributed by atoms with Crippen molar-refractivity contribution >= 4 is 29.4 Å². The Bertz CT molecular complexity index is 887. The molecule has 0 radical (unpaired) electrons. The predicted molar refractivity (Wildman–Crippen MR) is 103 cm³/mol. The lowest BCUT2D eigenvalue weighted by Gasteiger charge is -2.26. The third kappa shape index (κ3) is 3.21. The van der Waals surface area contributed by atoms with E-state index in [0.29, 0.717) is 22.8 Å². The maximum Gasteiger partial charge on any atom is 0.262 e. The van der Waals surface area contributed by atoms with Gasteiger partial charge in [-0.15, -0.1) is 0 Å². The lowest BCUT2D eigenvalue weighted by molar-refractivity contribution is -0.119. The summed E-state index contributed by atoms with van der Waals surface area (Å²) in [5, 5.41) is 2.69. The fraction of sp³-hybridized carbons (Fsp3) is 0.350. The Morgan fingerprint density at radius 2 is 1.57 bits per heavy atom. The third-order valence-electron chi connectivity index (χ3n) is 5.14. The lowest BCUT2D eigenvalue weighted by Crippen LogP contribution is -2.45. The van der Waals surface area contributed by atoms with E-state index in [9.17, 15) is 14.4 Å². The summed E-state index contributed by atoms with van der Waals surface area (Å²) >= 11 is 0. The monoisotopic (exact) mass is 379 g/mol. The second-order valence-corrected chi connectivity index (χ2v) is 7.01. The molecule has 1 unspecified atom stereocenters. The summed E-state index contributed by atoms with van der Waals surface area (Å²) in [5.41, 5.74) is 1.07. The van der Waals surface area contributed by atoms with E-state index in [-0.39, 0.29) is 0 Å². The maximum absolute atomic E-state index is 12.6. The van der Waals surface area contributed by atoms with Gasteiger partial charge in [0, 0.05) is 13.1 Å². The van der Waals surface area contributed by atoms with E-state index in [0.717, 1.165) is 30.8 Å². The number of hydrogen-bond donors (Lipinski definition) is 1. The van der Waals surface area contributed by atoms with Crippen LogP contribution in [-0.2, 0) is 4.79 Å². The fourth-order valence-electron chi connectivity index (χ4n) is 3.57. The van der Waals surface area contributed by atoms with Crippen LogP contribution in [0.15, 0.2) is 36.7 Å². The van der Waals surface area contributed by atoms with E-state index in [1.165, 1.54) is 13.3 Å². The number of amides is 3. The molecule has 4 rings (SSSR count). The second kappa shape index (κ2) is 7.38. The van der Waals surface area contributed by atoms with Crippen LogP contribution in [0.1, 0.15) is 46.9 Å². The highest BCUT2D eigenvalue weighted by Crippen LogP contribution is 2.25. The molecule has 0 saturated carbocycles. The standard InChI is InChI=1S/C20H21N5O3/c1-13(25-18(27)15-7-3-4-8-16(15)19(25)28)17(26)23-14-11-21-20(22-12-14)24-9-5-2-6-10-24/h3-4,7-8,11-13H,2,5-6,9-10H2,1H3,(H,23,26). The van der Waals surface area contributed by atoms with Crippen LogP contribution >= 0.6 is 0 Å². The van der Waals surface area contributed by atoms with Gasteiger partial charge in [0.1, 0.15) is 6.04 Å². The highest BCUT2D eigenvalue weighted by atomic mass is 16.2. The third-order valence-corrected chi connectivity index (χ3v) is 5.14. The zero-order valence-electron chi connectivity index (χ0n) is 15.6. The summed E-state index contributed by atoms with van der Waals surface area (Å²) in [4.78, 5) is 49.4. The minimum absolute atomic E-state index is 0.321. The molecule has 8 nitrogen and oxygen atoms in total. The highest BCUT2D eigenvalue weighted by molar-refractivity contribution is 6.23. The average molecular weight is 379 g/mol. The molecule has 3 amide bonds. The van der Waals surface area contributed by atoms with Crippen molar-refractivity contribution in [1.29, 1.82) is 0 Å². The number of aromatic nitrogens is 2. The molecular formula is C20H21N5O3. The van der Waals surface area contributed by atoms with E-state index in [1.807, 2.05) is 0 Å². The number of piperidine rings is 1. The van der Waals surface area contributed by atoms with Gasteiger partial charge in [-0.25, -0.2) is 9.97 Å². The van der Waals surface area contributed by atoms with Gasteiger partial charge in [-0.05, 0) is 38.3 Å². The summed E-state index contributed by atoms with van der Waals surface area (Å²) in [6.07, 6.45) is 6.56. The van der Waals surface area contributed by atoms with Gasteiger partial charge < -0.3 is 10.2 Å². The molecular weight excluding hydrogens is 358 g/mol. The summed E-state index contributed by atoms with van der Waals surface area (Å²) in [6.45, 7) is 3.39. The molecule has 1 saturated heterocycles. The zero-order chi connectivity index (χ0) is 19.7. The molecule has 1 fully saturated rings. The van der Waals surface area contributed by atoms with Crippen LogP contribution in [0.4, 0.5) is 11.6 Å². The van der Waals surface area contributed by atoms with Crippen molar-refractivity contribution in [3.63, 3.8) is 0 Å². The molecule has 3 heterocycles. The lowest BCUT2D eigenvalue weighted by atomic mass is 10.1. The van der Waals surface area contributed by atoms with Crippen molar-refractivity contribution in [2.45, 2.75) is 32.2 Å². The van der Waals surface area contributed by atoms with Crippen molar-refractivity contribution in [2.75, 3.05) is 23.3 Å². The summed E-state index contributed by atoms with van der Waals surface area (Å²) < 4.78 is 0. The van der Waals surface area contributed by atoms with Crippen molar-refractivity contribution in [3.05, 3.63) is 47.8 Å². The van der Waals surface area contributed by atoms with Crippen LogP contribution in [0.25, 0.3) is 0 Å². The Morgan fingerprint density at radius 1 is 1.00 bits per heavy atom. The number of imide groups is 1. The van der Waals surface area contributed by atoms with Gasteiger partial charge in [0.05, 0.1) is 29.2 Å². The normalized spacial score (nSPS) is 17.5. The number of fused-ring (bicyclic) bond motifs is 1. The van der Waals surface area contributed by atoms with Crippen LogP contribution < -0.4 is 10.2 Å². The molecule has 8 heteroatoms. The van der Waals surface area contributed by atoms with Crippen LogP contribution in [0, 0.1) is 0 Å². The quantitative estimate of drug-likeness (QED) is 0.818. The molecule has 1 aromatic carbocycles. The Morgan fingerprint density at radius 3 is 2.14 bits per heavy atom. The molecule has 2 aliphatic rings. The first-order valence-electron chi connectivity index (χ1n) is 9.41. The molecule has 144 valence electrons. The first-order chi connectivity index (χ1) is 13.6. The molecule has 1 atom stereocenters. The molecule has 2 aliphatic heterocycles. The molecule has 28 heavy (non-hydrogen) atoms. The van der Waals surface area contributed by atoms with Crippen LogP contribution in [0.2, 0.25) is 0 Å². The highest BCUT2D eigenvalue weighted by Gasteiger charge is 2.40. The summed E-state index contributed by atoms with van der Waals surface area (Å²) in [7, 11) is 0. The summed E-state index contributed by atoms with van der Waals surface area (Å²) in [6, 6.07) is 5.62. The molecule has 0 aliphatic carbocycles. The van der Waals surface area contributed by atoms with Crippen LogP contribution in [0.3, 0.4) is 0 Å². The van der Waals surface area contributed by atoms with Crippen LogP contribution in [-0.4, -0.2) is 51.7 Å². The summed E-state index contributed by atoms with van der Waals surface area (Å²) in [5.74, 6) is -0.741. The topological polar surface area (TPSA) is 95.5 Å². The molecule has 0 spiro atoms. The van der Waals surface area contributed by atoms with Crippen molar-refractivity contribution in [3.8, 4) is 0 Å². The van der Waals surface area contributed by atoms with Crippen LogP contribution in [0.5, 0.6) is 0 Å². The van der Waals surface area contributed by atoms with Gasteiger partial charge in [-0.2, -0.15) is 0 Å². The maximum atomic E-state index is 12.6. The predicted octanol–water partition coefficient (Wildman–Crippen LogP) is 2.09. The van der Waals surface area contributed by atoms with Gasteiger partial charge >= 0.3 is 0 Å². The molecule has 1 aromatic heterocycles. The number of carbonyl (C=O) groups is 3. The number of carbonyl (C=O) groups excluding carboxylic acids is 3. The average Bonchev–Trinajstić information content (AvgIpc) is 2.99. The number of nitrogens with zero attached hydrogens (tertiary/aromatic N) is 4.